The van der Waals surface area contributed by atoms with E-state index >= 15 is 0 Å². The molecule has 2 aromatic rings. The molecule has 0 radical (unpaired) electrons. The number of benzene rings is 2. The highest BCUT2D eigenvalue weighted by Gasteiger charge is 2.29. The van der Waals surface area contributed by atoms with E-state index in [0.29, 0.717) is 13.0 Å². The van der Waals surface area contributed by atoms with E-state index in [1.807, 2.05) is 50.2 Å². The van der Waals surface area contributed by atoms with Gasteiger partial charge in [-0.1, -0.05) is 62.2 Å². The highest BCUT2D eigenvalue weighted by atomic mass is 16.6. The van der Waals surface area contributed by atoms with Crippen LogP contribution in [0.2, 0.25) is 0 Å². The predicted octanol–water partition coefficient (Wildman–Crippen LogP) is 5.56. The maximum absolute atomic E-state index is 12.7. The van der Waals surface area contributed by atoms with Crippen LogP contribution in [-0.2, 0) is 27.5 Å². The van der Waals surface area contributed by atoms with Crippen LogP contribution in [0.4, 0.5) is 4.79 Å². The molecule has 0 saturated carbocycles. The Balaban J connectivity index is 1.88. The van der Waals surface area contributed by atoms with Crippen LogP contribution in [0.5, 0.6) is 5.75 Å². The number of alkyl carbamates (subject to hydrolysis) is 1. The van der Waals surface area contributed by atoms with E-state index in [9.17, 15) is 9.59 Å². The molecule has 0 spiro atoms. The molecule has 2 atom stereocenters. The number of esters is 1. The summed E-state index contributed by atoms with van der Waals surface area (Å²) < 4.78 is 16.6. The molecule has 0 aromatic heterocycles. The summed E-state index contributed by atoms with van der Waals surface area (Å²) in [5.41, 5.74) is 2.50. The number of hydrogen-bond acceptors (Lipinski definition) is 5. The highest BCUT2D eigenvalue weighted by Crippen LogP contribution is 2.17. The number of rotatable bonds is 9. The molecule has 0 fully saturated rings. The Morgan fingerprint density at radius 1 is 0.938 bits per heavy atom. The summed E-state index contributed by atoms with van der Waals surface area (Å²) in [5, 5.41) is 2.65. The van der Waals surface area contributed by atoms with Gasteiger partial charge in [0.1, 0.15) is 30.6 Å². The van der Waals surface area contributed by atoms with E-state index in [2.05, 4.69) is 24.4 Å². The van der Waals surface area contributed by atoms with E-state index in [-0.39, 0.29) is 12.5 Å². The average molecular weight is 442 g/mol. The molecule has 1 amide bonds. The standard InChI is InChI=1S/C26H35NO5/c1-7-19(3)23(27-25(29)32-26(4,5)6)24(28)31-17-21-12-14-22(15-13-21)30-16-20-10-8-18(2)9-11-20/h8-15,19,23H,7,16-17H2,1-6H3,(H,27,29). The van der Waals surface area contributed by atoms with Gasteiger partial charge in [0.2, 0.25) is 0 Å². The Kier molecular flexibility index (Phi) is 9.12. The van der Waals surface area contributed by atoms with Gasteiger partial charge in [0, 0.05) is 0 Å². The summed E-state index contributed by atoms with van der Waals surface area (Å²) in [6.45, 7) is 11.8. The van der Waals surface area contributed by atoms with Gasteiger partial charge < -0.3 is 19.5 Å². The third-order valence-corrected chi connectivity index (χ3v) is 4.97. The second kappa shape index (κ2) is 11.6. The fraction of sp³-hybridized carbons (Fsp3) is 0.462. The molecule has 2 unspecified atom stereocenters. The highest BCUT2D eigenvalue weighted by molar-refractivity contribution is 5.81. The summed E-state index contributed by atoms with van der Waals surface area (Å²) in [7, 11) is 0. The number of nitrogens with one attached hydrogen (secondary N) is 1. The van der Waals surface area contributed by atoms with Crippen molar-refractivity contribution in [1.29, 1.82) is 0 Å². The van der Waals surface area contributed by atoms with Crippen LogP contribution in [0.3, 0.4) is 0 Å². The monoisotopic (exact) mass is 441 g/mol. The molecule has 1 N–H and O–H groups in total. The summed E-state index contributed by atoms with van der Waals surface area (Å²) in [4.78, 5) is 24.8. The predicted molar refractivity (Wildman–Crippen MR) is 124 cm³/mol. The van der Waals surface area contributed by atoms with E-state index in [0.717, 1.165) is 16.9 Å². The molecule has 0 aliphatic rings. The third kappa shape index (κ3) is 8.61. The number of carbonyl (C=O) groups is 2. The quantitative estimate of drug-likeness (QED) is 0.516. The lowest BCUT2D eigenvalue weighted by molar-refractivity contribution is -0.149. The van der Waals surface area contributed by atoms with Crippen LogP contribution in [-0.4, -0.2) is 23.7 Å². The number of aryl methyl sites for hydroxylation is 1. The summed E-state index contributed by atoms with van der Waals surface area (Å²) in [6.07, 6.45) is 0.0811. The Morgan fingerprint density at radius 2 is 1.50 bits per heavy atom. The van der Waals surface area contributed by atoms with Gasteiger partial charge >= 0.3 is 12.1 Å². The van der Waals surface area contributed by atoms with Gasteiger partial charge in [-0.2, -0.15) is 0 Å². The van der Waals surface area contributed by atoms with Gasteiger partial charge in [0.15, 0.2) is 0 Å². The van der Waals surface area contributed by atoms with Crippen molar-refractivity contribution in [1.82, 2.24) is 5.32 Å². The van der Waals surface area contributed by atoms with Crippen molar-refractivity contribution in [3.63, 3.8) is 0 Å². The second-order valence-electron chi connectivity index (χ2n) is 9.04. The van der Waals surface area contributed by atoms with Crippen molar-refractivity contribution < 1.29 is 23.8 Å². The number of ether oxygens (including phenoxy) is 3. The molecule has 32 heavy (non-hydrogen) atoms. The van der Waals surface area contributed by atoms with Crippen LogP contribution >= 0.6 is 0 Å². The molecule has 6 heteroatoms. The van der Waals surface area contributed by atoms with E-state index < -0.39 is 23.7 Å². The molecule has 2 aromatic carbocycles. The number of amides is 1. The average Bonchev–Trinajstić information content (AvgIpc) is 2.74. The van der Waals surface area contributed by atoms with Crippen molar-refractivity contribution in [2.45, 2.75) is 72.8 Å². The minimum Gasteiger partial charge on any atom is -0.489 e. The first-order valence-electron chi connectivity index (χ1n) is 11.0. The van der Waals surface area contributed by atoms with Crippen LogP contribution in [0.15, 0.2) is 48.5 Å². The summed E-state index contributed by atoms with van der Waals surface area (Å²) >= 11 is 0. The maximum atomic E-state index is 12.7. The van der Waals surface area contributed by atoms with E-state index in [4.69, 9.17) is 14.2 Å². The molecule has 2 rings (SSSR count). The lowest BCUT2D eigenvalue weighted by Gasteiger charge is -2.25. The lowest BCUT2D eigenvalue weighted by atomic mass is 9.99. The van der Waals surface area contributed by atoms with Crippen LogP contribution in [0.1, 0.15) is 57.7 Å². The SMILES string of the molecule is CCC(C)C(NC(=O)OC(C)(C)C)C(=O)OCc1ccc(OCc2ccc(C)cc2)cc1. The minimum absolute atomic E-state index is 0.0902. The zero-order chi connectivity index (χ0) is 23.7. The normalized spacial score (nSPS) is 13.1. The molecule has 0 bridgehead atoms. The number of hydrogen-bond donors (Lipinski definition) is 1. The van der Waals surface area contributed by atoms with Crippen molar-refractivity contribution in [3.05, 3.63) is 65.2 Å². The fourth-order valence-corrected chi connectivity index (χ4v) is 2.88. The van der Waals surface area contributed by atoms with Gasteiger partial charge in [0.05, 0.1) is 0 Å². The summed E-state index contributed by atoms with van der Waals surface area (Å²) in [5.74, 6) is 0.169. The first-order valence-corrected chi connectivity index (χ1v) is 11.0. The Hall–Kier alpha value is -3.02. The minimum atomic E-state index is -0.771. The van der Waals surface area contributed by atoms with Crippen LogP contribution < -0.4 is 10.1 Å². The molecular formula is C26H35NO5. The first-order chi connectivity index (χ1) is 15.1. The topological polar surface area (TPSA) is 73.9 Å². The fourth-order valence-electron chi connectivity index (χ4n) is 2.88. The molecular weight excluding hydrogens is 406 g/mol. The maximum Gasteiger partial charge on any atom is 0.408 e. The molecule has 0 aliphatic heterocycles. The Bertz CT molecular complexity index is 869. The Labute approximate surface area is 191 Å². The third-order valence-electron chi connectivity index (χ3n) is 4.97. The van der Waals surface area contributed by atoms with Crippen LogP contribution in [0.25, 0.3) is 0 Å². The number of carbonyl (C=O) groups excluding carboxylic acids is 2. The van der Waals surface area contributed by atoms with Crippen molar-refractivity contribution in [2.24, 2.45) is 5.92 Å². The second-order valence-corrected chi connectivity index (χ2v) is 9.04. The van der Waals surface area contributed by atoms with Gasteiger partial charge in [-0.3, -0.25) is 0 Å². The van der Waals surface area contributed by atoms with Crippen molar-refractivity contribution >= 4 is 12.1 Å². The zero-order valence-electron chi connectivity index (χ0n) is 19.9. The lowest BCUT2D eigenvalue weighted by Crippen LogP contribution is -2.47. The van der Waals surface area contributed by atoms with E-state index in [1.165, 1.54) is 5.56 Å². The van der Waals surface area contributed by atoms with Crippen LogP contribution in [0, 0.1) is 12.8 Å². The smallest absolute Gasteiger partial charge is 0.408 e. The van der Waals surface area contributed by atoms with E-state index in [1.54, 1.807) is 20.8 Å². The molecule has 6 nitrogen and oxygen atoms in total. The van der Waals surface area contributed by atoms with Crippen molar-refractivity contribution in [3.8, 4) is 5.75 Å². The first kappa shape index (κ1) is 25.2. The van der Waals surface area contributed by atoms with Gasteiger partial charge in [-0.25, -0.2) is 9.59 Å². The molecule has 0 saturated heterocycles. The summed E-state index contributed by atoms with van der Waals surface area (Å²) in [6, 6.07) is 14.8. The molecule has 0 aliphatic carbocycles. The Morgan fingerprint density at radius 3 is 2.06 bits per heavy atom. The van der Waals surface area contributed by atoms with Gasteiger partial charge in [-0.15, -0.1) is 0 Å². The largest absolute Gasteiger partial charge is 0.489 e. The zero-order valence-corrected chi connectivity index (χ0v) is 19.9. The van der Waals surface area contributed by atoms with Gasteiger partial charge in [0.25, 0.3) is 0 Å². The van der Waals surface area contributed by atoms with Gasteiger partial charge in [-0.05, 0) is 56.9 Å². The molecule has 0 heterocycles. The van der Waals surface area contributed by atoms with Crippen molar-refractivity contribution in [2.75, 3.05) is 0 Å². The molecule has 174 valence electrons.